The van der Waals surface area contributed by atoms with Crippen LogP contribution in [0.2, 0.25) is 0 Å². The summed E-state index contributed by atoms with van der Waals surface area (Å²) in [4.78, 5) is 0. The summed E-state index contributed by atoms with van der Waals surface area (Å²) in [5.74, 6) is -71.4. The zero-order valence-electron chi connectivity index (χ0n) is 36.3. The number of benzene rings is 6. The van der Waals surface area contributed by atoms with Crippen LogP contribution in [0.1, 0.15) is 45.7 Å². The van der Waals surface area contributed by atoms with Crippen molar-refractivity contribution in [3.05, 3.63) is 209 Å². The van der Waals surface area contributed by atoms with Crippen molar-refractivity contribution in [1.82, 2.24) is 0 Å². The number of allylic oxidation sites excluding steroid dienone is 4. The minimum Gasteiger partial charge on any atom is -0.207 e. The van der Waals surface area contributed by atoms with Gasteiger partial charge in [-0.1, -0.05) is 0 Å². The smallest absolute Gasteiger partial charge is 0.200 e. The number of rotatable bonds is 9. The van der Waals surface area contributed by atoms with Crippen LogP contribution in [0, 0.1) is 122 Å². The van der Waals surface area contributed by atoms with Crippen LogP contribution >= 0.6 is 0 Å². The van der Waals surface area contributed by atoms with E-state index in [1.807, 2.05) is 0 Å². The van der Waals surface area contributed by atoms with Gasteiger partial charge in [-0.05, 0) is 0 Å². The van der Waals surface area contributed by atoms with E-state index in [-0.39, 0.29) is 5.41 Å². The SMILES string of the molecule is CC1=C(C)C(C)(C)[C]([Ti+]([CH2]c2ccccc2)[CH2]c2ccccc2)=C1C.Fc1c(F)c(F)c([B-](c2c(F)c(F)c(F)c(F)c2F)(c2c(F)c(F)c(F)c(F)c2F)c2c(F)c(F)c(F)c(F)c2F)c(F)c1F. The first-order chi connectivity index (χ1) is 32.6. The minimum atomic E-state index is -7.22. The molecule has 0 atom stereocenters. The predicted molar refractivity (Wildman–Crippen MR) is 214 cm³/mol. The van der Waals surface area contributed by atoms with Crippen LogP contribution in [0.15, 0.2) is 81.3 Å². The van der Waals surface area contributed by atoms with Crippen molar-refractivity contribution in [3.8, 4) is 0 Å². The molecule has 6 aromatic carbocycles. The van der Waals surface area contributed by atoms with E-state index in [4.69, 9.17) is 0 Å². The first-order valence-corrected chi connectivity index (χ1v) is 23.2. The molecule has 70 heavy (non-hydrogen) atoms. The van der Waals surface area contributed by atoms with Gasteiger partial charge >= 0.3 is 160 Å². The van der Waals surface area contributed by atoms with Crippen molar-refractivity contribution in [1.29, 1.82) is 0 Å². The molecule has 368 valence electrons. The van der Waals surface area contributed by atoms with Gasteiger partial charge in [0.2, 0.25) is 0 Å². The Morgan fingerprint density at radius 2 is 0.543 bits per heavy atom. The maximum Gasteiger partial charge on any atom is 0.200 e. The molecule has 0 amide bonds. The molecular formula is C48H29BF20Ti. The third-order valence-corrected chi connectivity index (χ3v) is 17.9. The van der Waals surface area contributed by atoms with Crippen molar-refractivity contribution in [2.24, 2.45) is 5.41 Å². The van der Waals surface area contributed by atoms with Gasteiger partial charge in [0.25, 0.3) is 0 Å². The minimum absolute atomic E-state index is 0.229. The molecule has 0 unspecified atom stereocenters. The third-order valence-electron chi connectivity index (χ3n) is 12.6. The first kappa shape index (κ1) is 53.5. The van der Waals surface area contributed by atoms with E-state index in [1.165, 1.54) is 26.2 Å². The van der Waals surface area contributed by atoms with E-state index >= 15 is 35.1 Å². The fourth-order valence-electron chi connectivity index (χ4n) is 9.10. The van der Waals surface area contributed by atoms with E-state index < -0.39 is 162 Å². The maximum absolute atomic E-state index is 15.4. The van der Waals surface area contributed by atoms with E-state index in [9.17, 15) is 52.7 Å². The first-order valence-electron chi connectivity index (χ1n) is 20.2. The van der Waals surface area contributed by atoms with Gasteiger partial charge in [0.05, 0.1) is 0 Å². The van der Waals surface area contributed by atoms with Gasteiger partial charge in [0, 0.05) is 0 Å². The fraction of sp³-hybridized carbons (Fsp3) is 0.167. The quantitative estimate of drug-likeness (QED) is 0.0586. The standard InChI is InChI=1S/C24BF20.C10H15.2C7H7.Ti/c26-5-1(6(27)14(35)21(42)13(5)34)25(2-7(28)15(36)22(43)16(37)8(2)29,3-9(30)17(38)23(44)18(39)10(3)31)4-11(32)19(40)24(45)20(41)12(4)33;1-7-6-10(4,5)9(3)8(7)2;2*1-7-5-3-2-4-6-7;/h;1-5H3;2*2-6H,1H2;/q-1;;;;+1. The van der Waals surface area contributed by atoms with Gasteiger partial charge in [-0.2, -0.15) is 0 Å². The molecule has 0 nitrogen and oxygen atoms in total. The molecule has 1 aliphatic carbocycles. The Morgan fingerprint density at radius 3 is 0.743 bits per heavy atom. The summed E-state index contributed by atoms with van der Waals surface area (Å²) >= 11 is -1.50. The summed E-state index contributed by atoms with van der Waals surface area (Å²) in [6.07, 6.45) is -7.22. The number of halogens is 20. The van der Waals surface area contributed by atoms with Crippen molar-refractivity contribution in [3.63, 3.8) is 0 Å². The summed E-state index contributed by atoms with van der Waals surface area (Å²) in [7, 11) is 0. The van der Waals surface area contributed by atoms with Crippen molar-refractivity contribution in [2.75, 3.05) is 0 Å². The van der Waals surface area contributed by atoms with Crippen LogP contribution in [0.3, 0.4) is 0 Å². The second-order valence-corrected chi connectivity index (χ2v) is 20.4. The average molecular weight is 1040 g/mol. The van der Waals surface area contributed by atoms with Crippen molar-refractivity contribution >= 4 is 28.0 Å². The molecule has 0 spiro atoms. The zero-order chi connectivity index (χ0) is 52.4. The van der Waals surface area contributed by atoms with Gasteiger partial charge in [0.15, 0.2) is 69.8 Å². The largest absolute Gasteiger partial charge is 0.207 e. The van der Waals surface area contributed by atoms with Crippen LogP contribution in [-0.2, 0) is 27.3 Å². The van der Waals surface area contributed by atoms with Gasteiger partial charge in [-0.15, -0.1) is 21.9 Å². The Bertz CT molecular complexity index is 2730. The van der Waals surface area contributed by atoms with E-state index in [2.05, 4.69) is 95.3 Å². The Balaban J connectivity index is 0.000000270. The zero-order valence-corrected chi connectivity index (χ0v) is 37.9. The molecule has 0 saturated carbocycles. The van der Waals surface area contributed by atoms with Crippen molar-refractivity contribution in [2.45, 2.75) is 44.1 Å². The third kappa shape index (κ3) is 8.43. The molecular weight excluding hydrogens is 1020 g/mol. The summed E-state index contributed by atoms with van der Waals surface area (Å²) in [5, 5.41) is 0. The molecule has 6 aromatic rings. The molecule has 0 radical (unpaired) electrons. The molecule has 0 aliphatic heterocycles. The Hall–Kier alpha value is -5.82. The molecule has 0 aromatic heterocycles. The predicted octanol–water partition coefficient (Wildman–Crippen LogP) is 12.5. The molecule has 0 N–H and O–H groups in total. The van der Waals surface area contributed by atoms with Crippen LogP contribution < -0.4 is 21.9 Å². The van der Waals surface area contributed by atoms with E-state index in [0.717, 1.165) is 0 Å². The summed E-state index contributed by atoms with van der Waals surface area (Å²) in [6.45, 7) is 11.9. The van der Waals surface area contributed by atoms with Crippen LogP contribution in [0.25, 0.3) is 0 Å². The van der Waals surface area contributed by atoms with Gasteiger partial charge in [0.1, 0.15) is 52.7 Å². The monoisotopic (exact) mass is 1040 g/mol. The number of hydrogen-bond donors (Lipinski definition) is 0. The normalized spacial score (nSPS) is 13.6. The van der Waals surface area contributed by atoms with E-state index in [0.29, 0.717) is 0 Å². The second kappa shape index (κ2) is 19.8. The Kier molecular flexibility index (Phi) is 15.1. The van der Waals surface area contributed by atoms with Gasteiger partial charge < -0.3 is 0 Å². The Labute approximate surface area is 390 Å². The van der Waals surface area contributed by atoms with E-state index in [1.54, 1.807) is 15.0 Å². The molecule has 0 saturated heterocycles. The second-order valence-electron chi connectivity index (χ2n) is 16.6. The average Bonchev–Trinajstić information content (AvgIpc) is 3.49. The molecule has 0 fully saturated rings. The van der Waals surface area contributed by atoms with Crippen LogP contribution in [0.5, 0.6) is 0 Å². The van der Waals surface area contributed by atoms with Crippen LogP contribution in [-0.4, -0.2) is 6.15 Å². The van der Waals surface area contributed by atoms with Crippen molar-refractivity contribution < 1.29 is 106 Å². The summed E-state index contributed by atoms with van der Waals surface area (Å²) < 4.78 is 298. The molecule has 7 rings (SSSR count). The summed E-state index contributed by atoms with van der Waals surface area (Å²) in [5.41, 5.74) is -6.39. The number of hydrogen-bond acceptors (Lipinski definition) is 0. The van der Waals surface area contributed by atoms with Gasteiger partial charge in [-0.25, -0.2) is 87.8 Å². The molecule has 1 aliphatic rings. The molecule has 0 heterocycles. The van der Waals surface area contributed by atoms with Gasteiger partial charge in [-0.3, -0.25) is 0 Å². The Morgan fingerprint density at radius 1 is 0.329 bits per heavy atom. The summed E-state index contributed by atoms with van der Waals surface area (Å²) in [6, 6.07) is 22.2. The molecule has 22 heteroatoms. The fourth-order valence-corrected chi connectivity index (χ4v) is 14.9. The topological polar surface area (TPSA) is 0 Å². The maximum atomic E-state index is 15.4. The van der Waals surface area contributed by atoms with Crippen LogP contribution in [0.4, 0.5) is 87.8 Å². The molecule has 0 bridgehead atoms.